The number of nitrogens with zero attached hydrogens (tertiary/aromatic N) is 2. The molecule has 0 spiro atoms. The van der Waals surface area contributed by atoms with Crippen LogP contribution in [0.3, 0.4) is 0 Å². The molecule has 5 nitrogen and oxygen atoms in total. The molecule has 1 aliphatic rings. The van der Waals surface area contributed by atoms with Gasteiger partial charge in [0.05, 0.1) is 0 Å². The first-order valence-electron chi connectivity index (χ1n) is 6.71. The molecule has 0 aromatic carbocycles. The van der Waals surface area contributed by atoms with Gasteiger partial charge in [0.15, 0.2) is 0 Å². The van der Waals surface area contributed by atoms with Crippen LogP contribution in [0.4, 0.5) is 4.79 Å². The van der Waals surface area contributed by atoms with Crippen molar-refractivity contribution < 1.29 is 9.53 Å². The molecule has 0 bridgehead atoms. The molecule has 1 heterocycles. The minimum Gasteiger partial charge on any atom is -0.444 e. The van der Waals surface area contributed by atoms with Crippen molar-refractivity contribution >= 4 is 6.09 Å². The molecule has 2 N–H and O–H groups in total. The van der Waals surface area contributed by atoms with Crippen molar-refractivity contribution in [2.75, 3.05) is 33.2 Å². The van der Waals surface area contributed by atoms with E-state index >= 15 is 0 Å². The van der Waals surface area contributed by atoms with Crippen molar-refractivity contribution in [1.29, 1.82) is 0 Å². The van der Waals surface area contributed by atoms with Crippen molar-refractivity contribution in [3.05, 3.63) is 0 Å². The van der Waals surface area contributed by atoms with E-state index in [4.69, 9.17) is 10.5 Å². The summed E-state index contributed by atoms with van der Waals surface area (Å²) in [6.07, 6.45) is 1.83. The Labute approximate surface area is 110 Å². The third-order valence-corrected chi connectivity index (χ3v) is 3.17. The fourth-order valence-corrected chi connectivity index (χ4v) is 2.10. The van der Waals surface area contributed by atoms with Crippen LogP contribution in [0.15, 0.2) is 0 Å². The highest BCUT2D eigenvalue weighted by molar-refractivity contribution is 5.68. The van der Waals surface area contributed by atoms with Gasteiger partial charge < -0.3 is 15.4 Å². The van der Waals surface area contributed by atoms with Crippen LogP contribution in [-0.4, -0.2) is 60.8 Å². The lowest BCUT2D eigenvalue weighted by Gasteiger charge is -2.39. The van der Waals surface area contributed by atoms with E-state index in [1.165, 1.54) is 0 Å². The lowest BCUT2D eigenvalue weighted by molar-refractivity contribution is 0.00668. The van der Waals surface area contributed by atoms with Crippen LogP contribution >= 0.6 is 0 Å². The Bertz CT molecular complexity index is 276. The zero-order chi connectivity index (χ0) is 13.8. The number of likely N-dealkylation sites (N-methyl/N-ethyl adjacent to an activating group) is 1. The first kappa shape index (κ1) is 15.2. The zero-order valence-electron chi connectivity index (χ0n) is 12.1. The molecule has 1 amide bonds. The number of carbonyl (C=O) groups excluding carboxylic acids is 1. The monoisotopic (exact) mass is 257 g/mol. The topological polar surface area (TPSA) is 58.8 Å². The third-order valence-electron chi connectivity index (χ3n) is 3.17. The molecule has 1 fully saturated rings. The van der Waals surface area contributed by atoms with E-state index in [0.717, 1.165) is 32.5 Å². The third kappa shape index (κ3) is 4.82. The number of nitrogens with two attached hydrogens (primary N) is 1. The average Bonchev–Trinajstić information content (AvgIpc) is 2.25. The van der Waals surface area contributed by atoms with Gasteiger partial charge in [-0.2, -0.15) is 0 Å². The van der Waals surface area contributed by atoms with Gasteiger partial charge in [0.25, 0.3) is 0 Å². The first-order valence-corrected chi connectivity index (χ1v) is 6.71. The number of hydrogen-bond acceptors (Lipinski definition) is 4. The van der Waals surface area contributed by atoms with Crippen molar-refractivity contribution in [2.45, 2.75) is 45.3 Å². The van der Waals surface area contributed by atoms with Crippen LogP contribution in [0.1, 0.15) is 33.6 Å². The Morgan fingerprint density at radius 2 is 2.06 bits per heavy atom. The first-order chi connectivity index (χ1) is 8.33. The smallest absolute Gasteiger partial charge is 0.410 e. The van der Waals surface area contributed by atoms with E-state index in [1.54, 1.807) is 0 Å². The van der Waals surface area contributed by atoms with Crippen molar-refractivity contribution in [2.24, 2.45) is 5.73 Å². The van der Waals surface area contributed by atoms with E-state index in [1.807, 2.05) is 25.7 Å². The minimum absolute atomic E-state index is 0.201. The summed E-state index contributed by atoms with van der Waals surface area (Å²) in [5.41, 5.74) is 5.12. The SMILES string of the molecule is CN1CCN(C(=O)OC(C)(C)C)CC1CCCN. The van der Waals surface area contributed by atoms with E-state index in [2.05, 4.69) is 11.9 Å². The summed E-state index contributed by atoms with van der Waals surface area (Å²) in [7, 11) is 2.10. The van der Waals surface area contributed by atoms with Crippen molar-refractivity contribution in [3.63, 3.8) is 0 Å². The Balaban J connectivity index is 2.50. The Morgan fingerprint density at radius 1 is 1.39 bits per heavy atom. The molecule has 1 rings (SSSR count). The minimum atomic E-state index is -0.423. The van der Waals surface area contributed by atoms with Gasteiger partial charge >= 0.3 is 6.09 Å². The molecular formula is C13H27N3O2. The van der Waals surface area contributed by atoms with Crippen LogP contribution < -0.4 is 5.73 Å². The van der Waals surface area contributed by atoms with Crippen LogP contribution in [0.5, 0.6) is 0 Å². The van der Waals surface area contributed by atoms with Gasteiger partial charge in [-0.1, -0.05) is 0 Å². The van der Waals surface area contributed by atoms with Crippen LogP contribution in [0.25, 0.3) is 0 Å². The van der Waals surface area contributed by atoms with Gasteiger partial charge in [-0.05, 0) is 47.2 Å². The standard InChI is InChI=1S/C13H27N3O2/c1-13(2,3)18-12(17)16-9-8-15(4)11(10-16)6-5-7-14/h11H,5-10,14H2,1-4H3. The number of amides is 1. The van der Waals surface area contributed by atoms with Crippen molar-refractivity contribution in [1.82, 2.24) is 9.80 Å². The summed E-state index contributed by atoms with van der Waals surface area (Å²) < 4.78 is 5.41. The highest BCUT2D eigenvalue weighted by atomic mass is 16.6. The number of rotatable bonds is 3. The second-order valence-electron chi connectivity index (χ2n) is 5.99. The molecule has 1 atom stereocenters. The molecule has 5 heteroatoms. The molecule has 1 saturated heterocycles. The van der Waals surface area contributed by atoms with Gasteiger partial charge in [-0.15, -0.1) is 0 Å². The van der Waals surface area contributed by atoms with E-state index in [0.29, 0.717) is 12.6 Å². The second-order valence-corrected chi connectivity index (χ2v) is 5.99. The van der Waals surface area contributed by atoms with Crippen LogP contribution in [0.2, 0.25) is 0 Å². The number of hydrogen-bond donors (Lipinski definition) is 1. The maximum Gasteiger partial charge on any atom is 0.410 e. The summed E-state index contributed by atoms with van der Waals surface area (Å²) in [5, 5.41) is 0. The molecule has 106 valence electrons. The summed E-state index contributed by atoms with van der Waals surface area (Å²) in [6, 6.07) is 0.398. The summed E-state index contributed by atoms with van der Waals surface area (Å²) in [5.74, 6) is 0. The molecular weight excluding hydrogens is 230 g/mol. The molecule has 18 heavy (non-hydrogen) atoms. The number of carbonyl (C=O) groups is 1. The summed E-state index contributed by atoms with van der Waals surface area (Å²) in [4.78, 5) is 16.1. The quantitative estimate of drug-likeness (QED) is 0.827. The lowest BCUT2D eigenvalue weighted by Crippen LogP contribution is -2.54. The highest BCUT2D eigenvalue weighted by Crippen LogP contribution is 2.16. The molecule has 0 saturated carbocycles. The van der Waals surface area contributed by atoms with E-state index in [9.17, 15) is 4.79 Å². The molecule has 0 radical (unpaired) electrons. The second kappa shape index (κ2) is 6.38. The predicted octanol–water partition coefficient (Wildman–Crippen LogP) is 1.28. The highest BCUT2D eigenvalue weighted by Gasteiger charge is 2.29. The molecule has 1 aliphatic heterocycles. The average molecular weight is 257 g/mol. The van der Waals surface area contributed by atoms with Crippen LogP contribution in [0, 0.1) is 0 Å². The molecule has 0 aromatic rings. The maximum absolute atomic E-state index is 12.0. The van der Waals surface area contributed by atoms with Gasteiger partial charge in [0, 0.05) is 25.7 Å². The maximum atomic E-state index is 12.0. The van der Waals surface area contributed by atoms with Gasteiger partial charge in [-0.25, -0.2) is 4.79 Å². The molecule has 0 aliphatic carbocycles. The Morgan fingerprint density at radius 3 is 2.61 bits per heavy atom. The van der Waals surface area contributed by atoms with E-state index < -0.39 is 5.60 Å². The molecule has 1 unspecified atom stereocenters. The zero-order valence-corrected chi connectivity index (χ0v) is 12.1. The van der Waals surface area contributed by atoms with Gasteiger partial charge in [-0.3, -0.25) is 4.90 Å². The number of piperazine rings is 1. The normalized spacial score (nSPS) is 22.1. The van der Waals surface area contributed by atoms with Gasteiger partial charge in [0.1, 0.15) is 5.60 Å². The Hall–Kier alpha value is -0.810. The molecule has 0 aromatic heterocycles. The Kier molecular flexibility index (Phi) is 5.41. The fourth-order valence-electron chi connectivity index (χ4n) is 2.10. The lowest BCUT2D eigenvalue weighted by atomic mass is 10.1. The van der Waals surface area contributed by atoms with Crippen LogP contribution in [-0.2, 0) is 4.74 Å². The summed E-state index contributed by atoms with van der Waals surface area (Å²) in [6.45, 7) is 8.77. The fraction of sp³-hybridized carbons (Fsp3) is 0.923. The summed E-state index contributed by atoms with van der Waals surface area (Å²) >= 11 is 0. The number of ether oxygens (including phenoxy) is 1. The largest absolute Gasteiger partial charge is 0.444 e. The van der Waals surface area contributed by atoms with E-state index in [-0.39, 0.29) is 6.09 Å². The van der Waals surface area contributed by atoms with Crippen molar-refractivity contribution in [3.8, 4) is 0 Å². The van der Waals surface area contributed by atoms with Gasteiger partial charge in [0.2, 0.25) is 0 Å². The predicted molar refractivity (Wildman–Crippen MR) is 72.5 cm³/mol.